The summed E-state index contributed by atoms with van der Waals surface area (Å²) in [5.41, 5.74) is 2.16. The topological polar surface area (TPSA) is 116 Å². The van der Waals surface area contributed by atoms with E-state index in [9.17, 15) is 9.59 Å². The molecule has 9 heteroatoms. The Bertz CT molecular complexity index is 1380. The van der Waals surface area contributed by atoms with Gasteiger partial charge >= 0.3 is 0 Å². The Kier molecular flexibility index (Phi) is 6.01. The molecule has 1 fully saturated rings. The highest BCUT2D eigenvalue weighted by atomic mass is 16.5. The second-order valence-corrected chi connectivity index (χ2v) is 8.02. The molecule has 0 saturated carbocycles. The van der Waals surface area contributed by atoms with Crippen molar-refractivity contribution in [3.8, 4) is 17.5 Å². The van der Waals surface area contributed by atoms with Crippen LogP contribution in [0.1, 0.15) is 38.2 Å². The summed E-state index contributed by atoms with van der Waals surface area (Å²) in [5, 5.41) is 13.1. The summed E-state index contributed by atoms with van der Waals surface area (Å²) < 4.78 is 5.59. The summed E-state index contributed by atoms with van der Waals surface area (Å²) in [6.07, 6.45) is 3.11. The van der Waals surface area contributed by atoms with Crippen molar-refractivity contribution in [2.45, 2.75) is 6.04 Å². The molecule has 1 atom stereocenters. The third-order valence-electron chi connectivity index (χ3n) is 5.86. The number of carbonyl (C=O) groups is 2. The highest BCUT2D eigenvalue weighted by Gasteiger charge is 2.37. The Morgan fingerprint density at radius 3 is 2.46 bits per heavy atom. The maximum Gasteiger partial charge on any atom is 0.256 e. The third-order valence-corrected chi connectivity index (χ3v) is 5.86. The van der Waals surface area contributed by atoms with Crippen LogP contribution in [0.2, 0.25) is 0 Å². The summed E-state index contributed by atoms with van der Waals surface area (Å²) in [4.78, 5) is 38.5. The fourth-order valence-electron chi connectivity index (χ4n) is 4.02. The van der Waals surface area contributed by atoms with Gasteiger partial charge in [0.15, 0.2) is 0 Å². The first kappa shape index (κ1) is 22.0. The van der Waals surface area contributed by atoms with Crippen LogP contribution in [-0.2, 0) is 0 Å². The maximum atomic E-state index is 13.3. The van der Waals surface area contributed by atoms with Crippen LogP contribution >= 0.6 is 0 Å². The lowest BCUT2D eigenvalue weighted by molar-refractivity contribution is 0.0325. The number of carbonyl (C=O) groups excluding carboxylic acids is 2. The van der Waals surface area contributed by atoms with Gasteiger partial charge < -0.3 is 14.3 Å². The SMILES string of the molecule is N#Cc1ccc(C(=O)N2CCN(C(=O)c3cccnc3)C(c3nc(-c4ccccc4)no3)C2)cc1. The molecule has 1 saturated heterocycles. The lowest BCUT2D eigenvalue weighted by Gasteiger charge is -2.39. The number of aromatic nitrogens is 3. The Morgan fingerprint density at radius 2 is 1.74 bits per heavy atom. The molecule has 2 amide bonds. The van der Waals surface area contributed by atoms with Crippen molar-refractivity contribution in [1.29, 1.82) is 5.26 Å². The van der Waals surface area contributed by atoms with Gasteiger partial charge in [-0.15, -0.1) is 0 Å². The normalized spacial score (nSPS) is 15.5. The molecule has 1 aliphatic rings. The van der Waals surface area contributed by atoms with Crippen LogP contribution in [0.4, 0.5) is 0 Å². The molecular formula is C26H20N6O3. The van der Waals surface area contributed by atoms with Crippen LogP contribution in [0.25, 0.3) is 11.4 Å². The summed E-state index contributed by atoms with van der Waals surface area (Å²) in [6, 6.07) is 20.7. The van der Waals surface area contributed by atoms with Crippen molar-refractivity contribution in [2.24, 2.45) is 0 Å². The first-order valence-electron chi connectivity index (χ1n) is 11.0. The molecule has 35 heavy (non-hydrogen) atoms. The second kappa shape index (κ2) is 9.57. The predicted octanol–water partition coefficient (Wildman–Crippen LogP) is 3.34. The summed E-state index contributed by atoms with van der Waals surface area (Å²) in [6.45, 7) is 0.797. The number of hydrogen-bond donors (Lipinski definition) is 0. The van der Waals surface area contributed by atoms with E-state index in [0.29, 0.717) is 29.1 Å². The van der Waals surface area contributed by atoms with E-state index >= 15 is 0 Å². The van der Waals surface area contributed by atoms with E-state index in [1.807, 2.05) is 36.4 Å². The van der Waals surface area contributed by atoms with Gasteiger partial charge in [-0.25, -0.2) is 0 Å². The maximum absolute atomic E-state index is 13.3. The first-order valence-corrected chi connectivity index (χ1v) is 11.0. The number of piperazine rings is 1. The number of nitrogens with zero attached hydrogens (tertiary/aromatic N) is 6. The lowest BCUT2D eigenvalue weighted by Crippen LogP contribution is -2.52. The molecule has 1 unspecified atom stereocenters. The van der Waals surface area contributed by atoms with Crippen molar-refractivity contribution >= 4 is 11.8 Å². The number of amides is 2. The number of nitriles is 1. The molecule has 2 aromatic carbocycles. The average Bonchev–Trinajstić information content (AvgIpc) is 3.43. The lowest BCUT2D eigenvalue weighted by atomic mass is 10.1. The van der Waals surface area contributed by atoms with Gasteiger partial charge in [0, 0.05) is 36.6 Å². The Hall–Kier alpha value is -4.84. The van der Waals surface area contributed by atoms with Crippen molar-refractivity contribution in [1.82, 2.24) is 24.9 Å². The van der Waals surface area contributed by atoms with Gasteiger partial charge in [0.2, 0.25) is 5.82 Å². The molecule has 172 valence electrons. The Balaban J connectivity index is 1.45. The van der Waals surface area contributed by atoms with Crippen molar-refractivity contribution < 1.29 is 14.1 Å². The number of rotatable bonds is 4. The van der Waals surface area contributed by atoms with Crippen LogP contribution in [0.5, 0.6) is 0 Å². The van der Waals surface area contributed by atoms with Gasteiger partial charge in [0.1, 0.15) is 6.04 Å². The van der Waals surface area contributed by atoms with Gasteiger partial charge in [-0.2, -0.15) is 10.2 Å². The minimum atomic E-state index is -0.635. The molecule has 5 rings (SSSR count). The summed E-state index contributed by atoms with van der Waals surface area (Å²) >= 11 is 0. The first-order chi connectivity index (χ1) is 17.1. The van der Waals surface area contributed by atoms with E-state index in [4.69, 9.17) is 9.78 Å². The van der Waals surface area contributed by atoms with Crippen LogP contribution in [0.3, 0.4) is 0 Å². The van der Waals surface area contributed by atoms with Crippen LogP contribution in [0, 0.1) is 11.3 Å². The Morgan fingerprint density at radius 1 is 0.943 bits per heavy atom. The summed E-state index contributed by atoms with van der Waals surface area (Å²) in [5.74, 6) is 0.229. The van der Waals surface area contributed by atoms with Gasteiger partial charge in [0.25, 0.3) is 17.7 Å². The summed E-state index contributed by atoms with van der Waals surface area (Å²) in [7, 11) is 0. The largest absolute Gasteiger partial charge is 0.337 e. The predicted molar refractivity (Wildman–Crippen MR) is 125 cm³/mol. The number of pyridine rings is 1. The van der Waals surface area contributed by atoms with Gasteiger partial charge in [-0.3, -0.25) is 14.6 Å². The molecule has 0 radical (unpaired) electrons. The van der Waals surface area contributed by atoms with E-state index in [0.717, 1.165) is 5.56 Å². The molecule has 0 aliphatic carbocycles. The van der Waals surface area contributed by atoms with E-state index in [2.05, 4.69) is 15.1 Å². The van der Waals surface area contributed by atoms with Crippen LogP contribution in [-0.4, -0.2) is 56.4 Å². The van der Waals surface area contributed by atoms with Crippen molar-refractivity contribution in [2.75, 3.05) is 19.6 Å². The standard InChI is InChI=1S/C26H20N6O3/c27-15-18-8-10-20(11-9-18)25(33)31-13-14-32(26(34)21-7-4-12-28-16-21)22(17-31)24-29-23(30-35-24)19-5-2-1-3-6-19/h1-12,16,22H,13-14,17H2. The molecule has 2 aromatic heterocycles. The zero-order valence-corrected chi connectivity index (χ0v) is 18.6. The molecule has 0 N–H and O–H groups in total. The molecule has 1 aliphatic heterocycles. The van der Waals surface area contributed by atoms with E-state index in [-0.39, 0.29) is 30.8 Å². The molecular weight excluding hydrogens is 444 g/mol. The molecule has 0 bridgehead atoms. The molecule has 3 heterocycles. The second-order valence-electron chi connectivity index (χ2n) is 8.02. The smallest absolute Gasteiger partial charge is 0.256 e. The van der Waals surface area contributed by atoms with E-state index in [1.165, 1.54) is 6.20 Å². The highest BCUT2D eigenvalue weighted by Crippen LogP contribution is 2.29. The Labute approximate surface area is 201 Å². The monoisotopic (exact) mass is 464 g/mol. The van der Waals surface area contributed by atoms with Gasteiger partial charge in [0.05, 0.1) is 23.7 Å². The van der Waals surface area contributed by atoms with E-state index in [1.54, 1.807) is 52.4 Å². The fourth-order valence-corrected chi connectivity index (χ4v) is 4.02. The minimum Gasteiger partial charge on any atom is -0.337 e. The number of benzene rings is 2. The van der Waals surface area contributed by atoms with Crippen LogP contribution < -0.4 is 0 Å². The minimum absolute atomic E-state index is 0.182. The molecule has 0 spiro atoms. The van der Waals surface area contributed by atoms with Gasteiger partial charge in [-0.05, 0) is 36.4 Å². The number of hydrogen-bond acceptors (Lipinski definition) is 7. The van der Waals surface area contributed by atoms with Crippen LogP contribution in [0.15, 0.2) is 83.6 Å². The zero-order valence-electron chi connectivity index (χ0n) is 18.6. The molecule has 9 nitrogen and oxygen atoms in total. The van der Waals surface area contributed by atoms with Crippen molar-refractivity contribution in [3.63, 3.8) is 0 Å². The quantitative estimate of drug-likeness (QED) is 0.455. The van der Waals surface area contributed by atoms with E-state index < -0.39 is 6.04 Å². The fraction of sp³-hybridized carbons (Fsp3) is 0.154. The zero-order chi connectivity index (χ0) is 24.2. The van der Waals surface area contributed by atoms with Gasteiger partial charge in [-0.1, -0.05) is 35.5 Å². The highest BCUT2D eigenvalue weighted by molar-refractivity contribution is 5.96. The molecule has 4 aromatic rings. The average molecular weight is 464 g/mol. The third kappa shape index (κ3) is 4.50. The van der Waals surface area contributed by atoms with Crippen molar-refractivity contribution in [3.05, 3.63) is 102 Å².